The average Bonchev–Trinajstić information content (AvgIpc) is 2.44. The Labute approximate surface area is 122 Å². The van der Waals surface area contributed by atoms with Gasteiger partial charge >= 0.3 is 0 Å². The molecule has 1 unspecified atom stereocenters. The maximum atomic E-state index is 12.3. The smallest absolute Gasteiger partial charge is 0.254 e. The van der Waals surface area contributed by atoms with Gasteiger partial charge in [-0.2, -0.15) is 0 Å². The van der Waals surface area contributed by atoms with Crippen LogP contribution in [0.3, 0.4) is 0 Å². The molecule has 1 aliphatic heterocycles. The van der Waals surface area contributed by atoms with Crippen LogP contribution in [0.2, 0.25) is 0 Å². The van der Waals surface area contributed by atoms with Crippen molar-refractivity contribution in [2.45, 2.75) is 25.8 Å². The molecule has 1 aromatic carbocycles. The Morgan fingerprint density at radius 3 is 2.86 bits per heavy atom. The van der Waals surface area contributed by atoms with Crippen LogP contribution in [0.15, 0.2) is 31.0 Å². The zero-order chi connectivity index (χ0) is 15.4. The second-order valence-electron chi connectivity index (χ2n) is 4.82. The Kier molecular flexibility index (Phi) is 4.37. The van der Waals surface area contributed by atoms with E-state index >= 15 is 0 Å². The van der Waals surface area contributed by atoms with Gasteiger partial charge < -0.3 is 10.6 Å². The van der Waals surface area contributed by atoms with E-state index in [-0.39, 0.29) is 18.2 Å². The third-order valence-corrected chi connectivity index (χ3v) is 3.31. The molecule has 0 aliphatic carbocycles. The highest BCUT2D eigenvalue weighted by molar-refractivity contribution is 6.05. The van der Waals surface area contributed by atoms with E-state index in [9.17, 15) is 14.4 Å². The van der Waals surface area contributed by atoms with E-state index in [4.69, 9.17) is 0 Å². The van der Waals surface area contributed by atoms with Gasteiger partial charge in [0.25, 0.3) is 5.91 Å². The molecular formula is C15H17N3O3. The molecule has 1 heterocycles. The molecule has 0 saturated carbocycles. The molecule has 1 aliphatic rings. The number of imide groups is 1. The van der Waals surface area contributed by atoms with Crippen LogP contribution in [0.5, 0.6) is 0 Å². The molecule has 21 heavy (non-hydrogen) atoms. The van der Waals surface area contributed by atoms with Crippen LogP contribution in [0, 0.1) is 6.92 Å². The van der Waals surface area contributed by atoms with Gasteiger partial charge in [0.15, 0.2) is 0 Å². The summed E-state index contributed by atoms with van der Waals surface area (Å²) in [6.45, 7) is 5.46. The number of hydrogen-bond donors (Lipinski definition) is 3. The van der Waals surface area contributed by atoms with Gasteiger partial charge in [-0.05, 0) is 31.2 Å². The first kappa shape index (κ1) is 14.8. The highest BCUT2D eigenvalue weighted by Gasteiger charge is 2.28. The number of rotatable bonds is 4. The third kappa shape index (κ3) is 3.28. The van der Waals surface area contributed by atoms with Crippen LogP contribution in [0.25, 0.3) is 0 Å². The summed E-state index contributed by atoms with van der Waals surface area (Å²) in [7, 11) is 0. The van der Waals surface area contributed by atoms with Gasteiger partial charge in [-0.25, -0.2) is 0 Å². The normalized spacial score (nSPS) is 17.9. The fourth-order valence-corrected chi connectivity index (χ4v) is 2.22. The first-order valence-electron chi connectivity index (χ1n) is 6.64. The van der Waals surface area contributed by atoms with E-state index in [0.29, 0.717) is 17.7 Å². The Morgan fingerprint density at radius 2 is 2.19 bits per heavy atom. The molecule has 0 bridgehead atoms. The predicted molar refractivity (Wildman–Crippen MR) is 78.6 cm³/mol. The molecule has 1 saturated heterocycles. The van der Waals surface area contributed by atoms with Gasteiger partial charge in [-0.1, -0.05) is 18.7 Å². The summed E-state index contributed by atoms with van der Waals surface area (Å²) in [4.78, 5) is 35.1. The highest BCUT2D eigenvalue weighted by Crippen LogP contribution is 2.21. The summed E-state index contributed by atoms with van der Waals surface area (Å²) < 4.78 is 0. The Balaban J connectivity index is 2.17. The standard InChI is InChI=1S/C15H17N3O3/c1-3-16-13-9(2)5-4-6-10(13)14(20)17-11-7-8-12(19)18-15(11)21/h3-6,11,16H,1,7-8H2,2H3,(H,17,20)(H,18,19,21). The molecule has 0 aromatic heterocycles. The number of benzene rings is 1. The van der Waals surface area contributed by atoms with Crippen LogP contribution in [-0.4, -0.2) is 23.8 Å². The number of piperidine rings is 1. The summed E-state index contributed by atoms with van der Waals surface area (Å²) in [5.41, 5.74) is 1.97. The molecule has 6 heteroatoms. The van der Waals surface area contributed by atoms with E-state index in [2.05, 4.69) is 22.5 Å². The van der Waals surface area contributed by atoms with Crippen molar-refractivity contribution in [3.05, 3.63) is 42.1 Å². The predicted octanol–water partition coefficient (Wildman–Crippen LogP) is 1.09. The quantitative estimate of drug-likeness (QED) is 0.723. The fourth-order valence-electron chi connectivity index (χ4n) is 2.22. The van der Waals surface area contributed by atoms with E-state index in [1.54, 1.807) is 12.1 Å². The summed E-state index contributed by atoms with van der Waals surface area (Å²) in [5, 5.41) is 7.80. The molecule has 0 radical (unpaired) electrons. The minimum atomic E-state index is -0.688. The van der Waals surface area contributed by atoms with E-state index in [1.165, 1.54) is 6.20 Å². The van der Waals surface area contributed by atoms with Gasteiger partial charge in [-0.15, -0.1) is 0 Å². The topological polar surface area (TPSA) is 87.3 Å². The molecule has 110 valence electrons. The maximum Gasteiger partial charge on any atom is 0.254 e. The van der Waals surface area contributed by atoms with Crippen LogP contribution in [0.4, 0.5) is 5.69 Å². The van der Waals surface area contributed by atoms with Crippen LogP contribution in [0.1, 0.15) is 28.8 Å². The molecule has 1 aromatic rings. The Hall–Kier alpha value is -2.63. The van der Waals surface area contributed by atoms with Crippen molar-refractivity contribution < 1.29 is 14.4 Å². The van der Waals surface area contributed by atoms with Crippen molar-refractivity contribution in [3.8, 4) is 0 Å². The molecule has 2 rings (SSSR count). The zero-order valence-electron chi connectivity index (χ0n) is 11.7. The highest BCUT2D eigenvalue weighted by atomic mass is 16.2. The number of nitrogens with one attached hydrogen (secondary N) is 3. The Bertz CT molecular complexity index is 610. The fraction of sp³-hybridized carbons (Fsp3) is 0.267. The second kappa shape index (κ2) is 6.21. The third-order valence-electron chi connectivity index (χ3n) is 3.31. The number of para-hydroxylation sites is 1. The van der Waals surface area contributed by atoms with Gasteiger partial charge in [0, 0.05) is 6.42 Å². The molecule has 0 spiro atoms. The number of amides is 3. The number of aryl methyl sites for hydroxylation is 1. The minimum absolute atomic E-state index is 0.224. The summed E-state index contributed by atoms with van der Waals surface area (Å²) in [5.74, 6) is -1.14. The van der Waals surface area contributed by atoms with Crippen molar-refractivity contribution in [2.75, 3.05) is 5.32 Å². The first-order chi connectivity index (χ1) is 10.0. The average molecular weight is 287 g/mol. The van der Waals surface area contributed by atoms with E-state index in [1.807, 2.05) is 13.0 Å². The van der Waals surface area contributed by atoms with Crippen LogP contribution in [-0.2, 0) is 9.59 Å². The van der Waals surface area contributed by atoms with Crippen molar-refractivity contribution >= 4 is 23.4 Å². The summed E-state index contributed by atoms with van der Waals surface area (Å²) in [6, 6.07) is 4.62. The number of carbonyl (C=O) groups excluding carboxylic acids is 3. The molecular weight excluding hydrogens is 270 g/mol. The van der Waals surface area contributed by atoms with Gasteiger partial charge in [0.05, 0.1) is 11.3 Å². The molecule has 3 amide bonds. The van der Waals surface area contributed by atoms with Crippen molar-refractivity contribution in [2.24, 2.45) is 0 Å². The molecule has 3 N–H and O–H groups in total. The van der Waals surface area contributed by atoms with Gasteiger partial charge in [0.2, 0.25) is 11.8 Å². The van der Waals surface area contributed by atoms with E-state index < -0.39 is 11.9 Å². The monoisotopic (exact) mass is 287 g/mol. The van der Waals surface area contributed by atoms with Crippen LogP contribution < -0.4 is 16.0 Å². The number of hydrogen-bond acceptors (Lipinski definition) is 4. The maximum absolute atomic E-state index is 12.3. The second-order valence-corrected chi connectivity index (χ2v) is 4.82. The van der Waals surface area contributed by atoms with Gasteiger partial charge in [-0.3, -0.25) is 19.7 Å². The largest absolute Gasteiger partial charge is 0.361 e. The first-order valence-corrected chi connectivity index (χ1v) is 6.64. The summed E-state index contributed by atoms with van der Waals surface area (Å²) in [6.07, 6.45) is 2.03. The lowest BCUT2D eigenvalue weighted by Gasteiger charge is -2.22. The molecule has 6 nitrogen and oxygen atoms in total. The van der Waals surface area contributed by atoms with Gasteiger partial charge in [0.1, 0.15) is 6.04 Å². The lowest BCUT2D eigenvalue weighted by molar-refractivity contribution is -0.134. The molecule has 1 fully saturated rings. The Morgan fingerprint density at radius 1 is 1.43 bits per heavy atom. The van der Waals surface area contributed by atoms with Crippen molar-refractivity contribution in [3.63, 3.8) is 0 Å². The van der Waals surface area contributed by atoms with Crippen molar-refractivity contribution in [1.29, 1.82) is 0 Å². The SMILES string of the molecule is C=CNc1c(C)cccc1C(=O)NC1CCC(=O)NC1=O. The zero-order valence-corrected chi connectivity index (χ0v) is 11.7. The van der Waals surface area contributed by atoms with Crippen LogP contribution >= 0.6 is 0 Å². The summed E-state index contributed by atoms with van der Waals surface area (Å²) >= 11 is 0. The number of anilines is 1. The van der Waals surface area contributed by atoms with Crippen molar-refractivity contribution in [1.82, 2.24) is 10.6 Å². The lowest BCUT2D eigenvalue weighted by Crippen LogP contribution is -2.52. The lowest BCUT2D eigenvalue weighted by atomic mass is 10.0. The minimum Gasteiger partial charge on any atom is -0.361 e. The number of carbonyl (C=O) groups is 3. The molecule has 1 atom stereocenters. The van der Waals surface area contributed by atoms with E-state index in [0.717, 1.165) is 5.56 Å².